The normalized spacial score (nSPS) is 17.3. The van der Waals surface area contributed by atoms with Gasteiger partial charge in [0, 0.05) is 12.8 Å². The molecule has 0 rings (SSSR count). The summed E-state index contributed by atoms with van der Waals surface area (Å²) in [6, 6.07) is 0. The Morgan fingerprint density at radius 2 is 1.06 bits per heavy atom. The van der Waals surface area contributed by atoms with Crippen LogP contribution in [0.15, 0.2) is 0 Å². The molecule has 0 saturated carbocycles. The molecule has 18 heavy (non-hydrogen) atoms. The molecule has 2 atom stereocenters. The lowest BCUT2D eigenvalue weighted by molar-refractivity contribution is -0.150. The highest BCUT2D eigenvalue weighted by Gasteiger charge is 2.39. The number of carbonyl (C=O) groups is 4. The molecule has 0 aliphatic rings. The maximum Gasteiger partial charge on any atom is 0.331 e. The van der Waals surface area contributed by atoms with E-state index in [2.05, 4.69) is 0 Å². The Labute approximate surface area is 103 Å². The third-order valence-electron chi connectivity index (χ3n) is 2.63. The van der Waals surface area contributed by atoms with Crippen molar-refractivity contribution in [1.29, 1.82) is 0 Å². The maximum absolute atomic E-state index is 11.5. The standard InChI is InChI=1S/C10H16N2O6/c1-9(11,7(15)16)5(13)3-4-6(14)10(2,12)8(17)18/h3-4,11-12H2,1-2H3,(H,15,16)(H,17,18)/t9-,10-/m1/s1. The number of carboxylic acid groups (broad SMARTS) is 2. The molecule has 0 heterocycles. The number of aliphatic carboxylic acids is 2. The van der Waals surface area contributed by atoms with E-state index in [1.54, 1.807) is 0 Å². The molecule has 0 bridgehead atoms. The van der Waals surface area contributed by atoms with Crippen molar-refractivity contribution in [2.45, 2.75) is 37.8 Å². The molecule has 0 amide bonds. The van der Waals surface area contributed by atoms with Crippen molar-refractivity contribution >= 4 is 23.5 Å². The topological polar surface area (TPSA) is 161 Å². The van der Waals surface area contributed by atoms with Crippen molar-refractivity contribution in [2.75, 3.05) is 0 Å². The molecule has 0 aliphatic carbocycles. The number of Topliss-reactive ketones (excluding diaryl/α,β-unsaturated/α-hetero) is 2. The van der Waals surface area contributed by atoms with E-state index in [0.717, 1.165) is 13.8 Å². The van der Waals surface area contributed by atoms with Gasteiger partial charge in [0.25, 0.3) is 0 Å². The fourth-order valence-electron chi connectivity index (χ4n) is 0.985. The third-order valence-corrected chi connectivity index (χ3v) is 2.63. The molecular formula is C10H16N2O6. The van der Waals surface area contributed by atoms with Crippen LogP contribution in [0.5, 0.6) is 0 Å². The van der Waals surface area contributed by atoms with Gasteiger partial charge in [0.2, 0.25) is 0 Å². The summed E-state index contributed by atoms with van der Waals surface area (Å²) < 4.78 is 0. The largest absolute Gasteiger partial charge is 0.480 e. The van der Waals surface area contributed by atoms with Crippen molar-refractivity contribution in [2.24, 2.45) is 11.5 Å². The van der Waals surface area contributed by atoms with Gasteiger partial charge in [0.1, 0.15) is 0 Å². The van der Waals surface area contributed by atoms with E-state index in [-0.39, 0.29) is 0 Å². The Balaban J connectivity index is 4.63. The van der Waals surface area contributed by atoms with Gasteiger partial charge in [-0.25, -0.2) is 9.59 Å². The van der Waals surface area contributed by atoms with Gasteiger partial charge in [-0.15, -0.1) is 0 Å². The first-order chi connectivity index (χ1) is 7.94. The van der Waals surface area contributed by atoms with E-state index < -0.39 is 47.4 Å². The number of hydrogen-bond acceptors (Lipinski definition) is 6. The number of carbonyl (C=O) groups excluding carboxylic acids is 2. The van der Waals surface area contributed by atoms with Gasteiger partial charge in [0.05, 0.1) is 0 Å². The van der Waals surface area contributed by atoms with Crippen LogP contribution in [-0.4, -0.2) is 44.8 Å². The van der Waals surface area contributed by atoms with Gasteiger partial charge in [0.15, 0.2) is 22.6 Å². The average Bonchev–Trinajstić information content (AvgIpc) is 2.24. The van der Waals surface area contributed by atoms with Gasteiger partial charge < -0.3 is 21.7 Å². The highest BCUT2D eigenvalue weighted by Crippen LogP contribution is 2.11. The van der Waals surface area contributed by atoms with Crippen LogP contribution in [0.25, 0.3) is 0 Å². The fraction of sp³-hybridized carbons (Fsp3) is 0.600. The SMILES string of the molecule is C[C@](N)(C(=O)O)C(=O)CCC(=O)[C@@](C)(N)C(=O)O. The minimum Gasteiger partial charge on any atom is -0.480 e. The van der Waals surface area contributed by atoms with Crippen molar-refractivity contribution in [1.82, 2.24) is 0 Å². The molecule has 102 valence electrons. The van der Waals surface area contributed by atoms with Gasteiger partial charge in [-0.05, 0) is 13.8 Å². The third kappa shape index (κ3) is 3.34. The molecule has 6 N–H and O–H groups in total. The van der Waals surface area contributed by atoms with Crippen molar-refractivity contribution in [3.63, 3.8) is 0 Å². The summed E-state index contributed by atoms with van der Waals surface area (Å²) in [4.78, 5) is 44.2. The molecule has 8 heteroatoms. The van der Waals surface area contributed by atoms with Gasteiger partial charge in [-0.1, -0.05) is 0 Å². The van der Waals surface area contributed by atoms with E-state index in [1.807, 2.05) is 0 Å². The maximum atomic E-state index is 11.5. The number of rotatable bonds is 7. The Morgan fingerprint density at radius 3 is 1.22 bits per heavy atom. The van der Waals surface area contributed by atoms with Crippen LogP contribution in [0.3, 0.4) is 0 Å². The summed E-state index contributed by atoms with van der Waals surface area (Å²) in [5.74, 6) is -4.78. The van der Waals surface area contributed by atoms with Crippen LogP contribution in [0, 0.1) is 0 Å². The van der Waals surface area contributed by atoms with E-state index in [0.29, 0.717) is 0 Å². The van der Waals surface area contributed by atoms with Crippen LogP contribution in [-0.2, 0) is 19.2 Å². The molecule has 0 aromatic heterocycles. The van der Waals surface area contributed by atoms with Crippen LogP contribution in [0.2, 0.25) is 0 Å². The second-order valence-electron chi connectivity index (χ2n) is 4.36. The molecule has 0 aliphatic heterocycles. The lowest BCUT2D eigenvalue weighted by Gasteiger charge is -2.20. The Bertz CT molecular complexity index is 361. The molecular weight excluding hydrogens is 244 g/mol. The van der Waals surface area contributed by atoms with E-state index >= 15 is 0 Å². The Kier molecular flexibility index (Phi) is 4.71. The first kappa shape index (κ1) is 16.2. The number of hydrogen-bond donors (Lipinski definition) is 4. The van der Waals surface area contributed by atoms with Crippen LogP contribution < -0.4 is 11.5 Å². The van der Waals surface area contributed by atoms with Gasteiger partial charge >= 0.3 is 11.9 Å². The molecule has 0 fully saturated rings. The molecule has 0 saturated heterocycles. The molecule has 0 spiro atoms. The minimum atomic E-state index is -2.10. The highest BCUT2D eigenvalue weighted by molar-refractivity contribution is 6.11. The van der Waals surface area contributed by atoms with Crippen LogP contribution >= 0.6 is 0 Å². The van der Waals surface area contributed by atoms with Gasteiger partial charge in [-0.3, -0.25) is 9.59 Å². The molecule has 0 aromatic rings. The second kappa shape index (κ2) is 5.23. The zero-order chi connectivity index (χ0) is 14.7. The summed E-state index contributed by atoms with van der Waals surface area (Å²) in [6.07, 6.45) is -0.948. The number of carboxylic acids is 2. The van der Waals surface area contributed by atoms with Crippen LogP contribution in [0.1, 0.15) is 26.7 Å². The molecule has 0 unspecified atom stereocenters. The molecule has 0 aromatic carbocycles. The van der Waals surface area contributed by atoms with Gasteiger partial charge in [-0.2, -0.15) is 0 Å². The average molecular weight is 260 g/mol. The lowest BCUT2D eigenvalue weighted by Crippen LogP contribution is -2.54. The Hall–Kier alpha value is -1.80. The van der Waals surface area contributed by atoms with E-state index in [1.165, 1.54) is 0 Å². The fourth-order valence-corrected chi connectivity index (χ4v) is 0.985. The number of nitrogens with two attached hydrogens (primary N) is 2. The number of ketones is 2. The summed E-state index contributed by atoms with van der Waals surface area (Å²) in [5, 5.41) is 17.4. The Morgan fingerprint density at radius 1 is 0.833 bits per heavy atom. The lowest BCUT2D eigenvalue weighted by atomic mass is 9.89. The first-order valence-electron chi connectivity index (χ1n) is 5.05. The summed E-state index contributed by atoms with van der Waals surface area (Å²) >= 11 is 0. The predicted molar refractivity (Wildman–Crippen MR) is 59.7 cm³/mol. The molecule has 8 nitrogen and oxygen atoms in total. The summed E-state index contributed by atoms with van der Waals surface area (Å²) in [7, 11) is 0. The van der Waals surface area contributed by atoms with Crippen molar-refractivity contribution in [3.05, 3.63) is 0 Å². The first-order valence-corrected chi connectivity index (χ1v) is 5.05. The summed E-state index contributed by atoms with van der Waals surface area (Å²) in [5.41, 5.74) is 6.30. The van der Waals surface area contributed by atoms with Crippen LogP contribution in [0.4, 0.5) is 0 Å². The van der Waals surface area contributed by atoms with E-state index in [9.17, 15) is 19.2 Å². The predicted octanol–water partition coefficient (Wildman–Crippen LogP) is -1.49. The van der Waals surface area contributed by atoms with E-state index in [4.69, 9.17) is 21.7 Å². The minimum absolute atomic E-state index is 0.474. The monoisotopic (exact) mass is 260 g/mol. The molecule has 0 radical (unpaired) electrons. The quantitative estimate of drug-likeness (QED) is 0.402. The zero-order valence-corrected chi connectivity index (χ0v) is 10.1. The second-order valence-corrected chi connectivity index (χ2v) is 4.36. The van der Waals surface area contributed by atoms with Crippen molar-refractivity contribution in [3.8, 4) is 0 Å². The highest BCUT2D eigenvalue weighted by atomic mass is 16.4. The zero-order valence-electron chi connectivity index (χ0n) is 10.1. The smallest absolute Gasteiger partial charge is 0.331 e. The summed E-state index contributed by atoms with van der Waals surface area (Å²) in [6.45, 7) is 2.00. The van der Waals surface area contributed by atoms with Crippen molar-refractivity contribution < 1.29 is 29.4 Å².